The van der Waals surface area contributed by atoms with E-state index in [0.29, 0.717) is 34.1 Å². The highest BCUT2D eigenvalue weighted by molar-refractivity contribution is 6.28. The lowest BCUT2D eigenvalue weighted by Crippen LogP contribution is -2.79. The van der Waals surface area contributed by atoms with Crippen LogP contribution in [0.2, 0.25) is 0 Å². The maximum Gasteiger partial charge on any atom is 0.385 e. The van der Waals surface area contributed by atoms with E-state index in [9.17, 15) is 19.2 Å². The van der Waals surface area contributed by atoms with Crippen LogP contribution in [0.5, 0.6) is 11.5 Å². The maximum absolute atomic E-state index is 16.5. The molecule has 2 aromatic carbocycles. The summed E-state index contributed by atoms with van der Waals surface area (Å²) in [6.07, 6.45) is 0.500. The molecule has 0 N–H and O–H groups in total. The molecule has 292 valence electrons. The maximum atomic E-state index is 16.5. The monoisotopic (exact) mass is 794 g/mol. The van der Waals surface area contributed by atoms with E-state index in [-0.39, 0.29) is 25.2 Å². The summed E-state index contributed by atoms with van der Waals surface area (Å²) in [6, 6.07) is 5.92. The molecule has 0 bridgehead atoms. The van der Waals surface area contributed by atoms with Crippen molar-refractivity contribution in [2.45, 2.75) is 60.6 Å². The van der Waals surface area contributed by atoms with E-state index in [1.165, 1.54) is 0 Å². The van der Waals surface area contributed by atoms with Gasteiger partial charge in [0.05, 0.1) is 16.8 Å². The molecule has 0 spiro atoms. The lowest BCUT2D eigenvalue weighted by molar-refractivity contribution is -0.386. The molecule has 55 heavy (non-hydrogen) atoms. The molecule has 2 aromatic rings. The average molecular weight is 795 g/mol. The van der Waals surface area contributed by atoms with Gasteiger partial charge in [-0.3, -0.25) is 19.2 Å². The smallest absolute Gasteiger partial charge is 0.385 e. The number of imide groups is 2. The number of nitrogens with zero attached hydrogens (tertiary/aromatic N) is 2. The zero-order valence-electron chi connectivity index (χ0n) is 27.6. The molecule has 8 nitrogen and oxygen atoms in total. The first kappa shape index (κ1) is 39.1. The normalized spacial score (nSPS) is 31.7. The topological polar surface area (TPSA) is 93.2 Å². The number of carbonyl (C=O) groups is 4. The largest absolute Gasteiger partial charge is 0.449 e. The van der Waals surface area contributed by atoms with Gasteiger partial charge in [0.1, 0.15) is 11.5 Å². The summed E-state index contributed by atoms with van der Waals surface area (Å²) in [7, 11) is 0. The first-order chi connectivity index (χ1) is 25.1. The Bertz CT molecular complexity index is 1940. The summed E-state index contributed by atoms with van der Waals surface area (Å²) in [5, 5.41) is 0. The molecule has 0 saturated heterocycles. The minimum absolute atomic E-state index is 0.209. The first-order valence-electron chi connectivity index (χ1n) is 15.5. The van der Waals surface area contributed by atoms with Crippen LogP contribution in [0, 0.1) is 5.41 Å². The molecule has 0 fully saturated rings. The van der Waals surface area contributed by atoms with Crippen LogP contribution >= 0.6 is 0 Å². The molecule has 0 saturated carbocycles. The van der Waals surface area contributed by atoms with Gasteiger partial charge >= 0.3 is 35.4 Å². The summed E-state index contributed by atoms with van der Waals surface area (Å²) in [4.78, 5) is 48.6. The van der Waals surface area contributed by atoms with Crippen LogP contribution in [0.15, 0.2) is 97.1 Å². The second kappa shape index (κ2) is 11.7. The number of amides is 4. The van der Waals surface area contributed by atoms with Gasteiger partial charge in [-0.05, 0) is 72.8 Å². The quantitative estimate of drug-likeness (QED) is 0.157. The number of hydrogen-bond acceptors (Lipinski definition) is 6. The number of carbonyl (C=O) groups excluding carboxylic acids is 4. The van der Waals surface area contributed by atoms with Gasteiger partial charge in [-0.25, -0.2) is 18.6 Å². The number of rotatable bonds is 8. The van der Waals surface area contributed by atoms with Gasteiger partial charge in [0.15, 0.2) is 0 Å². The highest BCUT2D eigenvalue weighted by atomic mass is 19.3. The van der Waals surface area contributed by atoms with Crippen LogP contribution in [0.1, 0.15) is 13.8 Å². The number of ether oxygens (including phenoxy) is 2. The second-order valence-corrected chi connectivity index (χ2v) is 13.2. The van der Waals surface area contributed by atoms with E-state index in [1.54, 1.807) is 0 Å². The standard InChI is InChI=1S/C35H22F12N2O6/c1-27(2,28(36)15-17-30(38,34(44,45)32(28,40)41)54-21-7-3-19(4-8-21)48-23(50)11-12-24(48)51)29(37)16-18-31(39,35(46,47)33(29,42)43)55-22-9-5-20(6-10-22)49-25(52)13-14-26(49)53/h3-18H,1-2H3. The molecule has 2 aliphatic carbocycles. The van der Waals surface area contributed by atoms with Crippen molar-refractivity contribution in [2.24, 2.45) is 5.41 Å². The predicted octanol–water partition coefficient (Wildman–Crippen LogP) is 7.46. The van der Waals surface area contributed by atoms with Gasteiger partial charge in [-0.15, -0.1) is 0 Å². The van der Waals surface area contributed by atoms with Crippen LogP contribution in [-0.4, -0.2) is 70.4 Å². The SMILES string of the molecule is CC(C)(C1(F)C=CC(F)(Oc2ccc(N3C(=O)C=CC3=O)cc2)C(F)(F)C1(F)F)C1(F)C=CC(F)(Oc2ccc(N3C(=O)C=CC3=O)cc2)C(F)(F)C1(F)F. The van der Waals surface area contributed by atoms with Gasteiger partial charge in [-0.2, -0.15) is 43.9 Å². The molecule has 0 radical (unpaired) electrons. The van der Waals surface area contributed by atoms with Crippen molar-refractivity contribution in [3.8, 4) is 11.5 Å². The van der Waals surface area contributed by atoms with E-state index < -0.39 is 112 Å². The predicted molar refractivity (Wildman–Crippen MR) is 165 cm³/mol. The Kier molecular flexibility index (Phi) is 8.34. The fourth-order valence-corrected chi connectivity index (χ4v) is 6.39. The second-order valence-electron chi connectivity index (χ2n) is 13.2. The highest BCUT2D eigenvalue weighted by Crippen LogP contribution is 2.69. The Morgan fingerprint density at radius 2 is 0.709 bits per heavy atom. The van der Waals surface area contributed by atoms with Gasteiger partial charge in [0, 0.05) is 24.3 Å². The molecule has 2 aliphatic heterocycles. The van der Waals surface area contributed by atoms with Crippen molar-refractivity contribution in [3.05, 3.63) is 97.1 Å². The molecule has 4 unspecified atom stereocenters. The molecule has 0 aromatic heterocycles. The number of allylic oxidation sites excluding steroid dienone is 2. The van der Waals surface area contributed by atoms with E-state index in [4.69, 9.17) is 0 Å². The van der Waals surface area contributed by atoms with Gasteiger partial charge < -0.3 is 9.47 Å². The zero-order chi connectivity index (χ0) is 41.0. The first-order valence-corrected chi connectivity index (χ1v) is 15.5. The lowest BCUT2D eigenvalue weighted by atomic mass is 9.56. The van der Waals surface area contributed by atoms with Crippen molar-refractivity contribution in [3.63, 3.8) is 0 Å². The van der Waals surface area contributed by atoms with Gasteiger partial charge in [0.25, 0.3) is 23.6 Å². The lowest BCUT2D eigenvalue weighted by Gasteiger charge is -2.57. The van der Waals surface area contributed by atoms with Crippen molar-refractivity contribution in [1.82, 2.24) is 0 Å². The van der Waals surface area contributed by atoms with Crippen LogP contribution in [-0.2, 0) is 19.2 Å². The number of halogens is 12. The molecular formula is C35H22F12N2O6. The van der Waals surface area contributed by atoms with Gasteiger partial charge in [0.2, 0.25) is 11.3 Å². The number of anilines is 2. The molecule has 2 heterocycles. The number of hydrogen-bond donors (Lipinski definition) is 0. The molecule has 4 amide bonds. The van der Waals surface area contributed by atoms with E-state index >= 15 is 52.7 Å². The summed E-state index contributed by atoms with van der Waals surface area (Å²) in [5.74, 6) is -41.5. The summed E-state index contributed by atoms with van der Waals surface area (Å²) >= 11 is 0. The van der Waals surface area contributed by atoms with Gasteiger partial charge in [-0.1, -0.05) is 13.8 Å². The Labute approximate surface area is 300 Å². The minimum atomic E-state index is -6.60. The molecule has 4 aliphatic rings. The summed E-state index contributed by atoms with van der Waals surface area (Å²) in [6.45, 7) is -0.423. The van der Waals surface area contributed by atoms with Crippen LogP contribution in [0.3, 0.4) is 0 Å². The highest BCUT2D eigenvalue weighted by Gasteiger charge is 2.91. The molecule has 4 atom stereocenters. The number of benzene rings is 2. The molecule has 6 rings (SSSR count). The van der Waals surface area contributed by atoms with Crippen molar-refractivity contribution < 1.29 is 81.3 Å². The summed E-state index contributed by atoms with van der Waals surface area (Å²) < 4.78 is 198. The Morgan fingerprint density at radius 3 is 0.982 bits per heavy atom. The minimum Gasteiger partial charge on any atom is -0.449 e. The summed E-state index contributed by atoms with van der Waals surface area (Å²) in [5.41, 5.74) is -15.8. The molecular weight excluding hydrogens is 772 g/mol. The van der Waals surface area contributed by atoms with Crippen LogP contribution in [0.25, 0.3) is 0 Å². The Balaban J connectivity index is 1.32. The van der Waals surface area contributed by atoms with Crippen molar-refractivity contribution in [2.75, 3.05) is 9.80 Å². The van der Waals surface area contributed by atoms with E-state index in [2.05, 4.69) is 9.47 Å². The van der Waals surface area contributed by atoms with Crippen LogP contribution in [0.4, 0.5) is 64.1 Å². The molecule has 20 heteroatoms. The third-order valence-corrected chi connectivity index (χ3v) is 9.77. The van der Waals surface area contributed by atoms with E-state index in [0.717, 1.165) is 48.6 Å². The fraction of sp³-hybridized carbons (Fsp3) is 0.314. The average Bonchev–Trinajstić information content (AvgIpc) is 3.63. The van der Waals surface area contributed by atoms with E-state index in [1.807, 2.05) is 0 Å². The fourth-order valence-electron chi connectivity index (χ4n) is 6.39. The Morgan fingerprint density at radius 1 is 0.436 bits per heavy atom. The zero-order valence-corrected chi connectivity index (χ0v) is 27.6. The Hall–Kier alpha value is -5.56. The van der Waals surface area contributed by atoms with Crippen molar-refractivity contribution in [1.29, 1.82) is 0 Å². The number of alkyl halides is 12. The van der Waals surface area contributed by atoms with Crippen molar-refractivity contribution >= 4 is 35.0 Å². The third-order valence-electron chi connectivity index (χ3n) is 9.77. The third kappa shape index (κ3) is 5.01. The van der Waals surface area contributed by atoms with Crippen LogP contribution < -0.4 is 19.3 Å².